The first kappa shape index (κ1) is 14.5. The molecule has 1 unspecified atom stereocenters. The van der Waals surface area contributed by atoms with Gasteiger partial charge in [0, 0.05) is 4.47 Å². The van der Waals surface area contributed by atoms with Crippen LogP contribution < -0.4 is 5.32 Å². The van der Waals surface area contributed by atoms with Crippen molar-refractivity contribution in [3.05, 3.63) is 33.3 Å². The van der Waals surface area contributed by atoms with Crippen molar-refractivity contribution >= 4 is 33.5 Å². The SMILES string of the molecule is CC(C)CNC(C(=O)O)c1ccc(Br)c(Cl)c1. The predicted octanol–water partition coefficient (Wildman–Crippen LogP) is 3.47. The fourth-order valence-electron chi connectivity index (χ4n) is 1.39. The summed E-state index contributed by atoms with van der Waals surface area (Å²) in [5, 5.41) is 12.7. The Morgan fingerprint density at radius 2 is 2.18 bits per heavy atom. The molecule has 3 nitrogen and oxygen atoms in total. The highest BCUT2D eigenvalue weighted by atomic mass is 79.9. The second-order valence-corrected chi connectivity index (χ2v) is 5.51. The third-order valence-corrected chi connectivity index (χ3v) is 3.49. The van der Waals surface area contributed by atoms with Gasteiger partial charge in [0.2, 0.25) is 0 Å². The molecule has 0 bridgehead atoms. The number of carboxylic acid groups (broad SMARTS) is 1. The highest BCUT2D eigenvalue weighted by Crippen LogP contribution is 2.26. The molecule has 0 fully saturated rings. The van der Waals surface area contributed by atoms with Gasteiger partial charge in [-0.2, -0.15) is 0 Å². The van der Waals surface area contributed by atoms with Crippen LogP contribution in [0, 0.1) is 5.92 Å². The van der Waals surface area contributed by atoms with Gasteiger partial charge in [-0.3, -0.25) is 4.79 Å². The van der Waals surface area contributed by atoms with Crippen LogP contribution in [-0.4, -0.2) is 17.6 Å². The molecule has 0 saturated heterocycles. The van der Waals surface area contributed by atoms with Crippen LogP contribution in [0.5, 0.6) is 0 Å². The largest absolute Gasteiger partial charge is 0.480 e. The Hall–Kier alpha value is -0.580. The number of benzene rings is 1. The van der Waals surface area contributed by atoms with Crippen LogP contribution in [0.2, 0.25) is 5.02 Å². The van der Waals surface area contributed by atoms with Gasteiger partial charge in [0.05, 0.1) is 5.02 Å². The van der Waals surface area contributed by atoms with E-state index in [4.69, 9.17) is 11.6 Å². The van der Waals surface area contributed by atoms with E-state index >= 15 is 0 Å². The molecule has 17 heavy (non-hydrogen) atoms. The van der Waals surface area contributed by atoms with Crippen molar-refractivity contribution in [2.75, 3.05) is 6.54 Å². The molecular weight excluding hydrogens is 305 g/mol. The number of carboxylic acids is 1. The predicted molar refractivity (Wildman–Crippen MR) is 72.4 cm³/mol. The molecule has 0 aromatic heterocycles. The highest BCUT2D eigenvalue weighted by molar-refractivity contribution is 9.10. The minimum atomic E-state index is -0.899. The summed E-state index contributed by atoms with van der Waals surface area (Å²) < 4.78 is 0.760. The molecule has 0 radical (unpaired) electrons. The fourth-order valence-corrected chi connectivity index (χ4v) is 1.83. The summed E-state index contributed by atoms with van der Waals surface area (Å²) in [6.07, 6.45) is 0. The van der Waals surface area contributed by atoms with E-state index in [9.17, 15) is 9.90 Å². The molecule has 0 aliphatic carbocycles. The number of halogens is 2. The van der Waals surface area contributed by atoms with E-state index in [0.29, 0.717) is 23.0 Å². The Bertz CT molecular complexity index is 409. The molecule has 0 spiro atoms. The van der Waals surface area contributed by atoms with Crippen molar-refractivity contribution < 1.29 is 9.90 Å². The average molecular weight is 321 g/mol. The number of carbonyl (C=O) groups is 1. The smallest absolute Gasteiger partial charge is 0.325 e. The van der Waals surface area contributed by atoms with E-state index in [2.05, 4.69) is 21.2 Å². The van der Waals surface area contributed by atoms with Crippen LogP contribution in [0.25, 0.3) is 0 Å². The zero-order chi connectivity index (χ0) is 13.0. The Morgan fingerprint density at radius 3 is 2.65 bits per heavy atom. The van der Waals surface area contributed by atoms with Gasteiger partial charge in [0.25, 0.3) is 0 Å². The average Bonchev–Trinajstić information content (AvgIpc) is 2.22. The first-order valence-electron chi connectivity index (χ1n) is 5.33. The Labute approximate surface area is 114 Å². The summed E-state index contributed by atoms with van der Waals surface area (Å²) in [7, 11) is 0. The van der Waals surface area contributed by atoms with Gasteiger partial charge < -0.3 is 10.4 Å². The van der Waals surface area contributed by atoms with Crippen molar-refractivity contribution in [3.8, 4) is 0 Å². The van der Waals surface area contributed by atoms with Crippen molar-refractivity contribution in [2.45, 2.75) is 19.9 Å². The van der Waals surface area contributed by atoms with Crippen LogP contribution in [0.15, 0.2) is 22.7 Å². The minimum absolute atomic E-state index is 0.391. The van der Waals surface area contributed by atoms with Gasteiger partial charge in [-0.25, -0.2) is 0 Å². The first-order chi connectivity index (χ1) is 7.91. The van der Waals surface area contributed by atoms with E-state index in [0.717, 1.165) is 4.47 Å². The zero-order valence-electron chi connectivity index (χ0n) is 9.71. The standard InChI is InChI=1S/C12H15BrClNO2/c1-7(2)6-15-11(12(16)17)8-3-4-9(13)10(14)5-8/h3-5,7,11,15H,6H2,1-2H3,(H,16,17). The molecule has 1 atom stereocenters. The summed E-state index contributed by atoms with van der Waals surface area (Å²) in [6.45, 7) is 4.70. The molecule has 5 heteroatoms. The van der Waals surface area contributed by atoms with Gasteiger partial charge in [-0.1, -0.05) is 31.5 Å². The van der Waals surface area contributed by atoms with E-state index in [1.54, 1.807) is 18.2 Å². The normalized spacial score (nSPS) is 12.8. The van der Waals surface area contributed by atoms with Crippen molar-refractivity contribution in [1.29, 1.82) is 0 Å². The van der Waals surface area contributed by atoms with Gasteiger partial charge in [0.15, 0.2) is 0 Å². The number of rotatable bonds is 5. The maximum absolute atomic E-state index is 11.2. The zero-order valence-corrected chi connectivity index (χ0v) is 12.0. The highest BCUT2D eigenvalue weighted by Gasteiger charge is 2.20. The van der Waals surface area contributed by atoms with Gasteiger partial charge in [-0.15, -0.1) is 0 Å². The van der Waals surface area contributed by atoms with Crippen LogP contribution in [0.3, 0.4) is 0 Å². The molecule has 0 heterocycles. The van der Waals surface area contributed by atoms with Crippen LogP contribution in [-0.2, 0) is 4.79 Å². The number of hydrogen-bond acceptors (Lipinski definition) is 2. The summed E-state index contributed by atoms with van der Waals surface area (Å²) in [5.74, 6) is -0.508. The van der Waals surface area contributed by atoms with E-state index in [1.807, 2.05) is 13.8 Å². The summed E-state index contributed by atoms with van der Waals surface area (Å²) in [5.41, 5.74) is 0.659. The van der Waals surface area contributed by atoms with E-state index < -0.39 is 12.0 Å². The van der Waals surface area contributed by atoms with Crippen molar-refractivity contribution in [1.82, 2.24) is 5.32 Å². The molecule has 0 saturated carbocycles. The van der Waals surface area contributed by atoms with Gasteiger partial charge >= 0.3 is 5.97 Å². The second-order valence-electron chi connectivity index (χ2n) is 4.25. The monoisotopic (exact) mass is 319 g/mol. The van der Waals surface area contributed by atoms with Crippen LogP contribution in [0.1, 0.15) is 25.5 Å². The van der Waals surface area contributed by atoms with E-state index in [1.165, 1.54) is 0 Å². The molecule has 1 aromatic rings. The lowest BCUT2D eigenvalue weighted by molar-refractivity contribution is -0.139. The van der Waals surface area contributed by atoms with Crippen LogP contribution in [0.4, 0.5) is 0 Å². The molecule has 94 valence electrons. The molecule has 1 rings (SSSR count). The molecule has 2 N–H and O–H groups in total. The van der Waals surface area contributed by atoms with Crippen LogP contribution >= 0.6 is 27.5 Å². The Balaban J connectivity index is 2.89. The molecule has 0 aliphatic heterocycles. The molecule has 1 aromatic carbocycles. The lowest BCUT2D eigenvalue weighted by atomic mass is 10.1. The van der Waals surface area contributed by atoms with Gasteiger partial charge in [0.1, 0.15) is 6.04 Å². The number of aliphatic carboxylic acids is 1. The van der Waals surface area contributed by atoms with Crippen molar-refractivity contribution in [3.63, 3.8) is 0 Å². The Morgan fingerprint density at radius 1 is 1.53 bits per heavy atom. The van der Waals surface area contributed by atoms with Crippen molar-refractivity contribution in [2.24, 2.45) is 5.92 Å². The lowest BCUT2D eigenvalue weighted by Crippen LogP contribution is -2.31. The quantitative estimate of drug-likeness (QED) is 0.873. The van der Waals surface area contributed by atoms with Gasteiger partial charge in [-0.05, 0) is 46.1 Å². The fraction of sp³-hybridized carbons (Fsp3) is 0.417. The molecule has 0 amide bonds. The maximum Gasteiger partial charge on any atom is 0.325 e. The number of nitrogens with one attached hydrogen (secondary N) is 1. The lowest BCUT2D eigenvalue weighted by Gasteiger charge is -2.16. The molecule has 0 aliphatic rings. The molecular formula is C12H15BrClNO2. The third kappa shape index (κ3) is 4.30. The summed E-state index contributed by atoms with van der Waals surface area (Å²) in [4.78, 5) is 11.2. The first-order valence-corrected chi connectivity index (χ1v) is 6.50. The second kappa shape index (κ2) is 6.38. The minimum Gasteiger partial charge on any atom is -0.480 e. The number of hydrogen-bond donors (Lipinski definition) is 2. The third-order valence-electron chi connectivity index (χ3n) is 2.25. The summed E-state index contributed by atoms with van der Waals surface area (Å²) in [6, 6.07) is 4.45. The maximum atomic E-state index is 11.2. The topological polar surface area (TPSA) is 49.3 Å². The summed E-state index contributed by atoms with van der Waals surface area (Å²) >= 11 is 9.24. The van der Waals surface area contributed by atoms with E-state index in [-0.39, 0.29) is 0 Å². The Kier molecular flexibility index (Phi) is 5.43.